The van der Waals surface area contributed by atoms with E-state index in [1.54, 1.807) is 7.05 Å². The second-order valence-corrected chi connectivity index (χ2v) is 6.45. The van der Waals surface area contributed by atoms with Crippen molar-refractivity contribution >= 4 is 47.4 Å². The Kier molecular flexibility index (Phi) is 10.3. The number of amides is 1. The highest BCUT2D eigenvalue weighted by atomic mass is 127. The van der Waals surface area contributed by atoms with Gasteiger partial charge in [-0.15, -0.1) is 24.0 Å². The molecule has 0 aliphatic heterocycles. The first-order valence-corrected chi connectivity index (χ1v) is 8.21. The van der Waals surface area contributed by atoms with Gasteiger partial charge < -0.3 is 16.0 Å². The Morgan fingerprint density at radius 2 is 1.96 bits per heavy atom. The third-order valence-electron chi connectivity index (χ3n) is 3.54. The maximum absolute atomic E-state index is 11.9. The number of aliphatic imine (C=N–C) groups is 1. The van der Waals surface area contributed by atoms with Crippen LogP contribution in [0, 0.1) is 5.41 Å². The predicted molar refractivity (Wildman–Crippen MR) is 112 cm³/mol. The lowest BCUT2D eigenvalue weighted by Gasteiger charge is -2.23. The number of carbonyl (C=O) groups is 1. The zero-order chi connectivity index (χ0) is 17.5. The maximum atomic E-state index is 11.9. The molecule has 3 N–H and O–H groups in total. The van der Waals surface area contributed by atoms with Gasteiger partial charge in [-0.25, -0.2) is 0 Å². The molecule has 1 aromatic rings. The van der Waals surface area contributed by atoms with E-state index in [2.05, 4.69) is 20.9 Å². The number of halogens is 2. The molecule has 0 saturated heterocycles. The number of nitrogens with one attached hydrogen (secondary N) is 3. The summed E-state index contributed by atoms with van der Waals surface area (Å²) in [6.45, 7) is 8.89. The van der Waals surface area contributed by atoms with E-state index in [-0.39, 0.29) is 35.9 Å². The average Bonchev–Trinajstić information content (AvgIpc) is 2.52. The molecular weight excluding hydrogens is 439 g/mol. The summed E-state index contributed by atoms with van der Waals surface area (Å²) in [6, 6.07) is 7.72. The molecule has 1 atom stereocenters. The van der Waals surface area contributed by atoms with Crippen molar-refractivity contribution in [2.45, 2.75) is 33.7 Å². The van der Waals surface area contributed by atoms with Crippen LogP contribution in [-0.4, -0.2) is 32.0 Å². The number of nitrogens with zero attached hydrogens (tertiary/aromatic N) is 1. The number of carbonyl (C=O) groups excluding carboxylic acids is 1. The molecule has 0 aromatic heterocycles. The highest BCUT2D eigenvalue weighted by Crippen LogP contribution is 2.22. The molecule has 5 nitrogen and oxygen atoms in total. The average molecular weight is 467 g/mol. The molecule has 0 aliphatic rings. The van der Waals surface area contributed by atoms with Crippen LogP contribution in [0.5, 0.6) is 0 Å². The summed E-state index contributed by atoms with van der Waals surface area (Å²) in [6.07, 6.45) is 0. The van der Waals surface area contributed by atoms with E-state index in [1.807, 2.05) is 52.0 Å². The molecule has 7 heteroatoms. The van der Waals surface area contributed by atoms with Crippen LogP contribution in [0.2, 0.25) is 5.02 Å². The summed E-state index contributed by atoms with van der Waals surface area (Å²) in [4.78, 5) is 16.4. The largest absolute Gasteiger partial charge is 0.359 e. The Hall–Kier alpha value is -1.02. The van der Waals surface area contributed by atoms with E-state index in [9.17, 15) is 4.79 Å². The van der Waals surface area contributed by atoms with Crippen molar-refractivity contribution in [2.24, 2.45) is 10.4 Å². The van der Waals surface area contributed by atoms with Crippen molar-refractivity contribution in [2.75, 3.05) is 20.1 Å². The highest BCUT2D eigenvalue weighted by molar-refractivity contribution is 14.0. The van der Waals surface area contributed by atoms with Crippen LogP contribution in [0.15, 0.2) is 29.3 Å². The molecule has 0 bridgehead atoms. The summed E-state index contributed by atoms with van der Waals surface area (Å²) in [5, 5.41) is 9.91. The normalized spacial score (nSPS) is 12.8. The second kappa shape index (κ2) is 10.8. The van der Waals surface area contributed by atoms with Gasteiger partial charge in [0.1, 0.15) is 0 Å². The van der Waals surface area contributed by atoms with Crippen LogP contribution in [0.25, 0.3) is 0 Å². The molecule has 0 aliphatic carbocycles. The molecule has 1 unspecified atom stereocenters. The topological polar surface area (TPSA) is 65.5 Å². The molecule has 0 heterocycles. The van der Waals surface area contributed by atoms with Gasteiger partial charge in [-0.2, -0.15) is 0 Å². The molecule has 1 amide bonds. The van der Waals surface area contributed by atoms with E-state index in [1.165, 1.54) is 0 Å². The number of guanidine groups is 1. The van der Waals surface area contributed by atoms with Crippen molar-refractivity contribution in [1.82, 2.24) is 16.0 Å². The Morgan fingerprint density at radius 1 is 1.33 bits per heavy atom. The first-order valence-electron chi connectivity index (χ1n) is 7.83. The second-order valence-electron chi connectivity index (χ2n) is 6.05. The van der Waals surface area contributed by atoms with E-state index < -0.39 is 5.41 Å². The van der Waals surface area contributed by atoms with Crippen molar-refractivity contribution in [3.8, 4) is 0 Å². The van der Waals surface area contributed by atoms with Gasteiger partial charge in [-0.05, 0) is 39.3 Å². The lowest BCUT2D eigenvalue weighted by atomic mass is 9.93. The van der Waals surface area contributed by atoms with Crippen molar-refractivity contribution in [3.05, 3.63) is 34.9 Å². The molecule has 136 valence electrons. The third-order valence-corrected chi connectivity index (χ3v) is 3.89. The van der Waals surface area contributed by atoms with Crippen LogP contribution >= 0.6 is 35.6 Å². The van der Waals surface area contributed by atoms with E-state index in [0.29, 0.717) is 17.5 Å². The van der Waals surface area contributed by atoms with Gasteiger partial charge in [0.15, 0.2) is 5.96 Å². The summed E-state index contributed by atoms with van der Waals surface area (Å²) in [5.41, 5.74) is 0.440. The summed E-state index contributed by atoms with van der Waals surface area (Å²) in [7, 11) is 1.64. The smallest absolute Gasteiger partial charge is 0.227 e. The summed E-state index contributed by atoms with van der Waals surface area (Å²) < 4.78 is 0. The zero-order valence-electron chi connectivity index (χ0n) is 14.9. The van der Waals surface area contributed by atoms with Gasteiger partial charge in [-0.1, -0.05) is 29.8 Å². The van der Waals surface area contributed by atoms with Gasteiger partial charge in [0.05, 0.1) is 18.0 Å². The SMILES string of the molecule is CCNC(=NCC(C)(C)C(=O)NC)NC(C)c1ccccc1Cl.I. The number of benzene rings is 1. The molecule has 0 spiro atoms. The fourth-order valence-corrected chi connectivity index (χ4v) is 2.42. The van der Waals surface area contributed by atoms with Gasteiger partial charge >= 0.3 is 0 Å². The van der Waals surface area contributed by atoms with E-state index in [0.717, 1.165) is 12.1 Å². The fraction of sp³-hybridized carbons (Fsp3) is 0.529. The van der Waals surface area contributed by atoms with Crippen molar-refractivity contribution in [3.63, 3.8) is 0 Å². The molecule has 1 aromatic carbocycles. The zero-order valence-corrected chi connectivity index (χ0v) is 18.0. The Bertz CT molecular complexity index is 563. The first-order chi connectivity index (χ1) is 10.8. The van der Waals surface area contributed by atoms with E-state index >= 15 is 0 Å². The molecule has 1 rings (SSSR count). The van der Waals surface area contributed by atoms with Gasteiger partial charge in [0, 0.05) is 18.6 Å². The Morgan fingerprint density at radius 3 is 2.50 bits per heavy atom. The monoisotopic (exact) mass is 466 g/mol. The first kappa shape index (κ1) is 23.0. The number of hydrogen-bond acceptors (Lipinski definition) is 2. The predicted octanol–water partition coefficient (Wildman–Crippen LogP) is 3.35. The summed E-state index contributed by atoms with van der Waals surface area (Å²) in [5.74, 6) is 0.633. The van der Waals surface area contributed by atoms with Crippen LogP contribution in [-0.2, 0) is 4.79 Å². The standard InChI is InChI=1S/C17H27ClN4O.HI/c1-6-20-16(21-11-17(3,4)15(23)19-5)22-12(2)13-9-7-8-10-14(13)18;/h7-10,12H,6,11H2,1-5H3,(H,19,23)(H2,20,21,22);1H. The van der Waals surface area contributed by atoms with E-state index in [4.69, 9.17) is 11.6 Å². The lowest BCUT2D eigenvalue weighted by Crippen LogP contribution is -2.41. The fourth-order valence-electron chi connectivity index (χ4n) is 2.12. The Balaban J connectivity index is 0.00000529. The van der Waals surface area contributed by atoms with Crippen LogP contribution in [0.3, 0.4) is 0 Å². The van der Waals surface area contributed by atoms with Gasteiger partial charge in [-0.3, -0.25) is 9.79 Å². The maximum Gasteiger partial charge on any atom is 0.227 e. The van der Waals surface area contributed by atoms with Gasteiger partial charge in [0.2, 0.25) is 5.91 Å². The number of hydrogen-bond donors (Lipinski definition) is 3. The molecular formula is C17H28ClIN4O. The van der Waals surface area contributed by atoms with Crippen LogP contribution in [0.4, 0.5) is 0 Å². The lowest BCUT2D eigenvalue weighted by molar-refractivity contribution is -0.128. The highest BCUT2D eigenvalue weighted by Gasteiger charge is 2.26. The van der Waals surface area contributed by atoms with Crippen molar-refractivity contribution in [1.29, 1.82) is 0 Å². The minimum Gasteiger partial charge on any atom is -0.359 e. The third kappa shape index (κ3) is 6.84. The molecule has 0 fully saturated rings. The van der Waals surface area contributed by atoms with Gasteiger partial charge in [0.25, 0.3) is 0 Å². The molecule has 24 heavy (non-hydrogen) atoms. The summed E-state index contributed by atoms with van der Waals surface area (Å²) >= 11 is 6.24. The minimum atomic E-state index is -0.565. The minimum absolute atomic E-state index is 0. The van der Waals surface area contributed by atoms with Crippen molar-refractivity contribution < 1.29 is 4.79 Å². The van der Waals surface area contributed by atoms with Crippen LogP contribution < -0.4 is 16.0 Å². The Labute approximate surface area is 167 Å². The molecule has 0 saturated carbocycles. The molecule has 0 radical (unpaired) electrons. The quantitative estimate of drug-likeness (QED) is 0.342. The number of rotatable bonds is 6. The van der Waals surface area contributed by atoms with Crippen LogP contribution in [0.1, 0.15) is 39.3 Å².